The first-order valence-electron chi connectivity index (χ1n) is 5.85. The van der Waals surface area contributed by atoms with Crippen molar-refractivity contribution in [3.8, 4) is 0 Å². The zero-order valence-corrected chi connectivity index (χ0v) is 10.6. The van der Waals surface area contributed by atoms with Crippen LogP contribution < -0.4 is 5.32 Å². The Balaban J connectivity index is 2.62. The molecule has 16 heavy (non-hydrogen) atoms. The normalized spacial score (nSPS) is 12.1. The van der Waals surface area contributed by atoms with Crippen molar-refractivity contribution in [3.63, 3.8) is 0 Å². The first-order chi connectivity index (χ1) is 7.56. The lowest BCUT2D eigenvalue weighted by Gasteiger charge is -2.30. The molecule has 1 rings (SSSR count). The number of nitrogens with zero attached hydrogens (tertiary/aromatic N) is 1. The van der Waals surface area contributed by atoms with E-state index in [-0.39, 0.29) is 12.1 Å². The second kappa shape index (κ2) is 5.46. The van der Waals surface area contributed by atoms with E-state index in [1.165, 1.54) is 0 Å². The summed E-state index contributed by atoms with van der Waals surface area (Å²) in [5.74, 6) is 1.55. The summed E-state index contributed by atoms with van der Waals surface area (Å²) in [7, 11) is 0. The molecule has 0 spiro atoms. The van der Waals surface area contributed by atoms with Gasteiger partial charge in [0, 0.05) is 5.54 Å². The number of hydrogen-bond acceptors (Lipinski definition) is 4. The Labute approximate surface area is 97.1 Å². The predicted molar refractivity (Wildman–Crippen MR) is 63.2 cm³/mol. The molecule has 0 radical (unpaired) electrons. The fourth-order valence-electron chi connectivity index (χ4n) is 1.66. The third kappa shape index (κ3) is 2.83. The van der Waals surface area contributed by atoms with Gasteiger partial charge >= 0.3 is 0 Å². The van der Waals surface area contributed by atoms with Gasteiger partial charge in [0.05, 0.1) is 18.8 Å². The summed E-state index contributed by atoms with van der Waals surface area (Å²) in [6.07, 6.45) is 1.78. The molecule has 0 amide bonds. The van der Waals surface area contributed by atoms with E-state index in [2.05, 4.69) is 24.1 Å². The monoisotopic (exact) mass is 226 g/mol. The minimum absolute atomic E-state index is 0.138. The number of aromatic nitrogens is 1. The third-order valence-corrected chi connectivity index (χ3v) is 3.34. The van der Waals surface area contributed by atoms with Crippen LogP contribution in [0.2, 0.25) is 0 Å². The molecule has 1 aromatic rings. The molecule has 0 unspecified atom stereocenters. The van der Waals surface area contributed by atoms with Crippen LogP contribution in [0.4, 0.5) is 0 Å². The molecular formula is C12H22N2O2. The second-order valence-corrected chi connectivity index (χ2v) is 4.25. The van der Waals surface area contributed by atoms with E-state index in [4.69, 9.17) is 4.42 Å². The largest absolute Gasteiger partial charge is 0.444 e. The highest BCUT2D eigenvalue weighted by atomic mass is 16.4. The minimum Gasteiger partial charge on any atom is -0.444 e. The third-order valence-electron chi connectivity index (χ3n) is 3.34. The molecule has 92 valence electrons. The van der Waals surface area contributed by atoms with E-state index in [9.17, 15) is 5.11 Å². The highest BCUT2D eigenvalue weighted by Crippen LogP contribution is 2.16. The van der Waals surface area contributed by atoms with E-state index in [0.29, 0.717) is 12.4 Å². The van der Waals surface area contributed by atoms with Crippen LogP contribution >= 0.6 is 0 Å². The smallest absolute Gasteiger partial charge is 0.208 e. The topological polar surface area (TPSA) is 58.3 Å². The second-order valence-electron chi connectivity index (χ2n) is 4.25. The van der Waals surface area contributed by atoms with Crippen molar-refractivity contribution in [1.82, 2.24) is 10.3 Å². The lowest BCUT2D eigenvalue weighted by atomic mass is 9.94. The number of oxazole rings is 1. The van der Waals surface area contributed by atoms with Crippen LogP contribution in [-0.4, -0.2) is 22.2 Å². The Morgan fingerprint density at radius 3 is 2.31 bits per heavy atom. The molecule has 0 saturated carbocycles. The Hall–Kier alpha value is -0.870. The number of nitrogens with one attached hydrogen (secondary N) is 1. The maximum atomic E-state index is 9.40. The number of aliphatic hydroxyl groups is 1. The van der Waals surface area contributed by atoms with Crippen LogP contribution in [0.3, 0.4) is 0 Å². The molecule has 0 aliphatic rings. The molecule has 0 aromatic carbocycles. The van der Waals surface area contributed by atoms with Gasteiger partial charge in [0.25, 0.3) is 0 Å². The molecular weight excluding hydrogens is 204 g/mol. The van der Waals surface area contributed by atoms with E-state index >= 15 is 0 Å². The van der Waals surface area contributed by atoms with Gasteiger partial charge in [0.15, 0.2) is 0 Å². The fraction of sp³-hybridized carbons (Fsp3) is 0.750. The van der Waals surface area contributed by atoms with Crippen molar-refractivity contribution in [2.45, 2.75) is 52.6 Å². The Morgan fingerprint density at radius 2 is 1.94 bits per heavy atom. The van der Waals surface area contributed by atoms with Gasteiger partial charge in [0.2, 0.25) is 5.89 Å². The van der Waals surface area contributed by atoms with Gasteiger partial charge < -0.3 is 14.8 Å². The van der Waals surface area contributed by atoms with Gasteiger partial charge in [-0.2, -0.15) is 0 Å². The Bertz CT molecular complexity index is 302. The van der Waals surface area contributed by atoms with Crippen LogP contribution in [0.15, 0.2) is 4.42 Å². The molecule has 2 N–H and O–H groups in total. The first kappa shape index (κ1) is 13.2. The molecule has 4 nitrogen and oxygen atoms in total. The predicted octanol–water partition coefficient (Wildman–Crippen LogP) is 1.93. The lowest BCUT2D eigenvalue weighted by molar-refractivity contribution is 0.146. The summed E-state index contributed by atoms with van der Waals surface area (Å²) < 4.78 is 5.49. The average Bonchev–Trinajstić information content (AvgIpc) is 2.61. The zero-order valence-electron chi connectivity index (χ0n) is 10.6. The first-order valence-corrected chi connectivity index (χ1v) is 5.85. The molecule has 0 aliphatic heterocycles. The van der Waals surface area contributed by atoms with E-state index < -0.39 is 0 Å². The Morgan fingerprint density at radius 1 is 1.31 bits per heavy atom. The fourth-order valence-corrected chi connectivity index (χ4v) is 1.66. The zero-order chi connectivity index (χ0) is 12.2. The summed E-state index contributed by atoms with van der Waals surface area (Å²) in [6, 6.07) is 0. The molecule has 4 heteroatoms. The maximum Gasteiger partial charge on any atom is 0.208 e. The van der Waals surface area contributed by atoms with Crippen LogP contribution in [0.25, 0.3) is 0 Å². The molecule has 0 saturated heterocycles. The molecule has 0 bridgehead atoms. The number of aliphatic hydroxyl groups excluding tert-OH is 1. The van der Waals surface area contributed by atoms with Gasteiger partial charge in [0.1, 0.15) is 5.76 Å². The van der Waals surface area contributed by atoms with Crippen molar-refractivity contribution in [1.29, 1.82) is 0 Å². The molecule has 0 aliphatic carbocycles. The van der Waals surface area contributed by atoms with Crippen LogP contribution in [0, 0.1) is 13.8 Å². The van der Waals surface area contributed by atoms with Gasteiger partial charge in [-0.15, -0.1) is 0 Å². The molecule has 0 fully saturated rings. The standard InChI is InChI=1S/C12H22N2O2/c1-5-12(6-2,8-15)13-7-11-14-9(3)10(4)16-11/h13,15H,5-8H2,1-4H3. The van der Waals surface area contributed by atoms with Gasteiger partial charge in [-0.3, -0.25) is 0 Å². The number of hydrogen-bond donors (Lipinski definition) is 2. The molecule has 1 aromatic heterocycles. The molecule has 0 atom stereocenters. The van der Waals surface area contributed by atoms with E-state index in [1.54, 1.807) is 0 Å². The minimum atomic E-state index is -0.212. The van der Waals surface area contributed by atoms with Crippen molar-refractivity contribution in [2.24, 2.45) is 0 Å². The van der Waals surface area contributed by atoms with Gasteiger partial charge in [-0.05, 0) is 26.7 Å². The van der Waals surface area contributed by atoms with Crippen molar-refractivity contribution in [2.75, 3.05) is 6.61 Å². The summed E-state index contributed by atoms with van der Waals surface area (Å²) in [5.41, 5.74) is 0.718. The Kier molecular flexibility index (Phi) is 4.50. The SMILES string of the molecule is CCC(CC)(CO)NCc1nc(C)c(C)o1. The van der Waals surface area contributed by atoms with Crippen LogP contribution in [0.5, 0.6) is 0 Å². The summed E-state index contributed by atoms with van der Waals surface area (Å²) in [6.45, 7) is 8.68. The molecule has 1 heterocycles. The number of rotatable bonds is 6. The van der Waals surface area contributed by atoms with Crippen LogP contribution in [-0.2, 0) is 6.54 Å². The van der Waals surface area contributed by atoms with Crippen LogP contribution in [0.1, 0.15) is 44.0 Å². The van der Waals surface area contributed by atoms with Crippen molar-refractivity contribution < 1.29 is 9.52 Å². The average molecular weight is 226 g/mol. The summed E-state index contributed by atoms with van der Waals surface area (Å²) >= 11 is 0. The van der Waals surface area contributed by atoms with Gasteiger partial charge in [-0.25, -0.2) is 4.98 Å². The summed E-state index contributed by atoms with van der Waals surface area (Å²) in [5, 5.41) is 12.7. The highest BCUT2D eigenvalue weighted by Gasteiger charge is 2.24. The van der Waals surface area contributed by atoms with E-state index in [1.807, 2.05) is 13.8 Å². The maximum absolute atomic E-state index is 9.40. The number of aryl methyl sites for hydroxylation is 2. The highest BCUT2D eigenvalue weighted by molar-refractivity contribution is 5.05. The van der Waals surface area contributed by atoms with Crippen molar-refractivity contribution in [3.05, 3.63) is 17.3 Å². The quantitative estimate of drug-likeness (QED) is 0.778. The summed E-state index contributed by atoms with van der Waals surface area (Å²) in [4.78, 5) is 4.31. The van der Waals surface area contributed by atoms with Crippen molar-refractivity contribution >= 4 is 0 Å². The van der Waals surface area contributed by atoms with Gasteiger partial charge in [-0.1, -0.05) is 13.8 Å². The van der Waals surface area contributed by atoms with E-state index in [0.717, 1.165) is 24.3 Å². The lowest BCUT2D eigenvalue weighted by Crippen LogP contribution is -2.47.